The molecule has 35 heavy (non-hydrogen) atoms. The Balaban J connectivity index is 0.00000140. The fourth-order valence-electron chi connectivity index (χ4n) is 4.32. The Bertz CT molecular complexity index is 1080. The summed E-state index contributed by atoms with van der Waals surface area (Å²) in [5.74, 6) is 0.126. The molecule has 0 spiro atoms. The third-order valence-corrected chi connectivity index (χ3v) is 7.51. The monoisotopic (exact) mass is 599 g/mol. The first-order valence-corrected chi connectivity index (χ1v) is 15.1. The number of benzene rings is 3. The maximum absolute atomic E-state index is 13.1. The van der Waals surface area contributed by atoms with E-state index in [2.05, 4.69) is 31.4 Å². The van der Waals surface area contributed by atoms with Gasteiger partial charge in [-0.05, 0) is 30.9 Å². The van der Waals surface area contributed by atoms with Crippen LogP contribution in [0.2, 0.25) is 0 Å². The molecule has 2 atom stereocenters. The van der Waals surface area contributed by atoms with Crippen molar-refractivity contribution in [3.8, 4) is 0 Å². The number of anilines is 1. The van der Waals surface area contributed by atoms with Crippen molar-refractivity contribution < 1.29 is 25.7 Å². The first-order chi connectivity index (χ1) is 16.5. The third-order valence-electron chi connectivity index (χ3n) is 6.07. The summed E-state index contributed by atoms with van der Waals surface area (Å²) >= 11 is 1.82. The number of para-hydroxylation sites is 1. The molecule has 8 heteroatoms. The predicted molar refractivity (Wildman–Crippen MR) is 143 cm³/mol. The quantitative estimate of drug-likeness (QED) is 0.202. The predicted octanol–water partition coefficient (Wildman–Crippen LogP) is 7.28. The second kappa shape index (κ2) is 14.7. The molecule has 0 aromatic heterocycles. The van der Waals surface area contributed by atoms with Crippen molar-refractivity contribution >= 4 is 25.4 Å². The van der Waals surface area contributed by atoms with E-state index in [1.165, 1.54) is 5.69 Å². The van der Waals surface area contributed by atoms with Crippen molar-refractivity contribution in [3.63, 3.8) is 0 Å². The van der Waals surface area contributed by atoms with Crippen molar-refractivity contribution in [2.75, 3.05) is 23.7 Å². The van der Waals surface area contributed by atoms with E-state index in [1.807, 2.05) is 96.2 Å². The van der Waals surface area contributed by atoms with Gasteiger partial charge in [-0.3, -0.25) is 0 Å². The molecule has 1 heterocycles. The smallest absolute Gasteiger partial charge is 0.0728 e. The van der Waals surface area contributed by atoms with E-state index in [1.54, 1.807) is 0 Å². The minimum absolute atomic E-state index is 0. The number of nitrogens with one attached hydrogen (secondary N) is 1. The van der Waals surface area contributed by atoms with Gasteiger partial charge in [-0.25, -0.2) is 8.42 Å². The molecule has 5 nitrogen and oxygen atoms in total. The Morgan fingerprint density at radius 3 is 1.83 bits per heavy atom. The van der Waals surface area contributed by atoms with Crippen LogP contribution in [0.15, 0.2) is 91.0 Å². The number of hydrogen-bond acceptors (Lipinski definition) is 3. The first-order valence-electron chi connectivity index (χ1n) is 11.2. The molecule has 0 bridgehead atoms. The number of rotatable bonds is 8. The second-order valence-corrected chi connectivity index (χ2v) is 10.1. The summed E-state index contributed by atoms with van der Waals surface area (Å²) in [6, 6.07) is 27.4. The van der Waals surface area contributed by atoms with Gasteiger partial charge < -0.3 is 22.8 Å². The summed E-state index contributed by atoms with van der Waals surface area (Å²) in [4.78, 5) is 2.31. The molecule has 1 aliphatic heterocycles. The van der Waals surface area contributed by atoms with Crippen molar-refractivity contribution in [1.82, 2.24) is 0 Å². The zero-order chi connectivity index (χ0) is 24.4. The molecule has 4 rings (SSSR count). The zero-order valence-corrected chi connectivity index (χ0v) is 23.1. The normalized spacial score (nSPS) is 15.8. The summed E-state index contributed by atoms with van der Waals surface area (Å²) < 4.78 is 30.5. The molecule has 1 aliphatic rings. The average molecular weight is 599 g/mol. The molecule has 3 aromatic rings. The Kier molecular flexibility index (Phi) is 12.4. The van der Waals surface area contributed by atoms with Gasteiger partial charge in [0.25, 0.3) is 0 Å². The average Bonchev–Trinajstić information content (AvgIpc) is 2.90. The van der Waals surface area contributed by atoms with Crippen molar-refractivity contribution in [2.24, 2.45) is 5.92 Å². The number of sulfonamides is 1. The molecular weight excluding hydrogens is 567 g/mol. The van der Waals surface area contributed by atoms with Gasteiger partial charge in [-0.15, -0.1) is 12.1 Å². The van der Waals surface area contributed by atoms with Gasteiger partial charge in [0.1, 0.15) is 0 Å². The van der Waals surface area contributed by atoms with E-state index in [0.717, 1.165) is 37.1 Å². The molecule has 1 fully saturated rings. The summed E-state index contributed by atoms with van der Waals surface area (Å²) in [6.07, 6.45) is 1.64. The third kappa shape index (κ3) is 8.69. The molecule has 2 unspecified atom stereocenters. The van der Waals surface area contributed by atoms with Crippen LogP contribution in [0, 0.1) is 13.3 Å². The van der Waals surface area contributed by atoms with E-state index in [9.17, 15) is 8.42 Å². The number of piperidine rings is 1. The Labute approximate surface area is 224 Å². The Morgan fingerprint density at radius 1 is 0.857 bits per heavy atom. The fourth-order valence-corrected chi connectivity index (χ4v) is 5.92. The summed E-state index contributed by atoms with van der Waals surface area (Å²) in [5, 5.41) is 0. The number of halogens is 1. The number of hydrogen-bond donors (Lipinski definition) is 0. The molecule has 188 valence electrons. The maximum atomic E-state index is 13.1. The van der Waals surface area contributed by atoms with Gasteiger partial charge in [0.2, 0.25) is 0 Å². The van der Waals surface area contributed by atoms with Crippen molar-refractivity contribution in [1.29, 1.82) is 0 Å². The SMILES string of the molecule is [CH3-].[Cl][Ru+3].[NH-]C(c1ccccc1)C([N-]S(=O)(=O)CC1CCN(c2ccccc2)CC1)c1ccccc1. The number of nitrogens with zero attached hydrogens (tertiary/aromatic N) is 2. The van der Waals surface area contributed by atoms with Crippen LogP contribution in [-0.2, 0) is 27.3 Å². The van der Waals surface area contributed by atoms with Gasteiger partial charge in [-0.1, -0.05) is 90.0 Å². The largest absolute Gasteiger partial charge is 0.672 e. The van der Waals surface area contributed by atoms with Crippen molar-refractivity contribution in [2.45, 2.75) is 24.9 Å². The van der Waals surface area contributed by atoms with Gasteiger partial charge in [0, 0.05) is 24.5 Å². The van der Waals surface area contributed by atoms with Gasteiger partial charge in [0.15, 0.2) is 0 Å². The molecular formula is C27H32ClN3O2RuS. The van der Waals surface area contributed by atoms with Crippen LogP contribution in [0.1, 0.15) is 36.1 Å². The summed E-state index contributed by atoms with van der Waals surface area (Å²) in [5.41, 5.74) is 11.5. The summed E-state index contributed by atoms with van der Waals surface area (Å²) in [7, 11) is 0.892. The van der Waals surface area contributed by atoms with E-state index < -0.39 is 22.1 Å². The zero-order valence-electron chi connectivity index (χ0n) is 19.8. The minimum atomic E-state index is -3.68. The van der Waals surface area contributed by atoms with Crippen LogP contribution in [0.4, 0.5) is 5.69 Å². The van der Waals surface area contributed by atoms with Crippen LogP contribution in [0.3, 0.4) is 0 Å². The van der Waals surface area contributed by atoms with E-state index in [4.69, 9.17) is 5.73 Å². The molecule has 1 N–H and O–H groups in total. The molecule has 0 saturated carbocycles. The molecule has 0 aliphatic carbocycles. The van der Waals surface area contributed by atoms with Crippen LogP contribution < -0.4 is 4.90 Å². The van der Waals surface area contributed by atoms with E-state index >= 15 is 0 Å². The molecule has 1 saturated heterocycles. The van der Waals surface area contributed by atoms with Gasteiger partial charge in [-0.2, -0.15) is 0 Å². The molecule has 3 aromatic carbocycles. The second-order valence-electron chi connectivity index (χ2n) is 8.36. The molecule has 0 amide bonds. The van der Waals surface area contributed by atoms with Crippen molar-refractivity contribution in [3.05, 3.63) is 120 Å². The van der Waals surface area contributed by atoms with Crippen LogP contribution in [0.5, 0.6) is 0 Å². The minimum Gasteiger partial charge on any atom is -0.672 e. The Morgan fingerprint density at radius 2 is 1.31 bits per heavy atom. The van der Waals surface area contributed by atoms with E-state index in [-0.39, 0.29) is 19.1 Å². The standard InChI is InChI=1S/C26H29N3O2S.CH3.ClH.Ru/c27-25(22-10-4-1-5-11-22)26(23-12-6-2-7-13-23)28-32(30,31)20-21-16-18-29(19-17-21)24-14-8-3-9-15-24;;;/h1-15,21,25-27H,16-20H2;1H3;1H;/q-2;-1;;+4/p-1. The van der Waals surface area contributed by atoms with Crippen LogP contribution in [0.25, 0.3) is 10.5 Å². The molecule has 0 radical (unpaired) electrons. The first kappa shape index (κ1) is 29.5. The van der Waals surface area contributed by atoms with Gasteiger partial charge in [0.05, 0.1) is 10.0 Å². The van der Waals surface area contributed by atoms with Crippen LogP contribution in [-0.4, -0.2) is 27.3 Å². The maximum Gasteiger partial charge on any atom is 0.0728 e. The fraction of sp³-hybridized carbons (Fsp3) is 0.296. The van der Waals surface area contributed by atoms with Crippen LogP contribution >= 0.6 is 9.69 Å². The van der Waals surface area contributed by atoms with E-state index in [0.29, 0.717) is 0 Å². The van der Waals surface area contributed by atoms with Gasteiger partial charge >= 0.3 is 27.0 Å². The Hall–Kier alpha value is -1.76. The topological polar surface area (TPSA) is 75.3 Å². The summed E-state index contributed by atoms with van der Waals surface area (Å²) in [6.45, 7) is 1.69.